The minimum atomic E-state index is -0.292. The summed E-state index contributed by atoms with van der Waals surface area (Å²) in [5.74, 6) is 0. The molecule has 0 bridgehead atoms. The number of nitrogens with zero attached hydrogens (tertiary/aromatic N) is 1. The number of rotatable bonds is 2. The SMILES string of the molecule is CCc1cccc(C)c1N1CC(O)CNCC1C. The number of aliphatic hydroxyl groups is 1. The van der Waals surface area contributed by atoms with E-state index in [2.05, 4.69) is 49.2 Å². The standard InChI is InChI=1S/C15H24N2O/c1-4-13-7-5-6-11(2)15(13)17-10-14(18)9-16-8-12(17)3/h5-7,12,14,16,18H,4,8-10H2,1-3H3. The second kappa shape index (κ2) is 5.72. The summed E-state index contributed by atoms with van der Waals surface area (Å²) in [4.78, 5) is 2.36. The molecule has 0 spiro atoms. The van der Waals surface area contributed by atoms with Gasteiger partial charge in [0.15, 0.2) is 0 Å². The summed E-state index contributed by atoms with van der Waals surface area (Å²) in [5.41, 5.74) is 3.99. The smallest absolute Gasteiger partial charge is 0.0839 e. The second-order valence-electron chi connectivity index (χ2n) is 5.25. The van der Waals surface area contributed by atoms with Gasteiger partial charge in [0.05, 0.1) is 6.10 Å². The van der Waals surface area contributed by atoms with Gasteiger partial charge < -0.3 is 15.3 Å². The zero-order valence-corrected chi connectivity index (χ0v) is 11.6. The third-order valence-corrected chi connectivity index (χ3v) is 3.75. The predicted molar refractivity (Wildman–Crippen MR) is 76.2 cm³/mol. The summed E-state index contributed by atoms with van der Waals surface area (Å²) >= 11 is 0. The van der Waals surface area contributed by atoms with Crippen LogP contribution in [0.1, 0.15) is 25.0 Å². The first-order valence-corrected chi connectivity index (χ1v) is 6.87. The number of para-hydroxylation sites is 1. The van der Waals surface area contributed by atoms with Gasteiger partial charge in [0, 0.05) is 31.4 Å². The van der Waals surface area contributed by atoms with Gasteiger partial charge in [0.1, 0.15) is 0 Å². The zero-order valence-electron chi connectivity index (χ0n) is 11.6. The van der Waals surface area contributed by atoms with Crippen molar-refractivity contribution in [3.8, 4) is 0 Å². The molecule has 18 heavy (non-hydrogen) atoms. The van der Waals surface area contributed by atoms with Crippen LogP contribution in [0.3, 0.4) is 0 Å². The normalized spacial score (nSPS) is 25.0. The molecule has 1 aliphatic rings. The Balaban J connectivity index is 2.38. The van der Waals surface area contributed by atoms with E-state index in [1.807, 2.05) is 0 Å². The molecule has 2 N–H and O–H groups in total. The van der Waals surface area contributed by atoms with Crippen LogP contribution in [-0.2, 0) is 6.42 Å². The van der Waals surface area contributed by atoms with Gasteiger partial charge in [-0.1, -0.05) is 25.1 Å². The van der Waals surface area contributed by atoms with E-state index >= 15 is 0 Å². The number of aryl methyl sites for hydroxylation is 2. The summed E-state index contributed by atoms with van der Waals surface area (Å²) in [5, 5.41) is 13.3. The molecule has 1 heterocycles. The van der Waals surface area contributed by atoms with Crippen LogP contribution in [0.5, 0.6) is 0 Å². The van der Waals surface area contributed by atoms with Crippen molar-refractivity contribution in [2.45, 2.75) is 39.3 Å². The Kier molecular flexibility index (Phi) is 4.25. The Morgan fingerprint density at radius 1 is 1.39 bits per heavy atom. The lowest BCUT2D eigenvalue weighted by Crippen LogP contribution is -2.40. The molecular formula is C15H24N2O. The Bertz CT molecular complexity index is 405. The number of anilines is 1. The molecule has 1 aliphatic heterocycles. The highest BCUT2D eigenvalue weighted by Crippen LogP contribution is 2.28. The highest BCUT2D eigenvalue weighted by Gasteiger charge is 2.24. The Labute approximate surface area is 110 Å². The molecule has 3 nitrogen and oxygen atoms in total. The van der Waals surface area contributed by atoms with E-state index in [9.17, 15) is 5.11 Å². The topological polar surface area (TPSA) is 35.5 Å². The third-order valence-electron chi connectivity index (χ3n) is 3.75. The molecule has 2 rings (SSSR count). The molecule has 0 aliphatic carbocycles. The molecule has 0 amide bonds. The molecule has 1 fully saturated rings. The number of hydrogen-bond donors (Lipinski definition) is 2. The molecule has 1 aromatic rings. The van der Waals surface area contributed by atoms with Crippen molar-refractivity contribution < 1.29 is 5.11 Å². The molecule has 0 radical (unpaired) electrons. The van der Waals surface area contributed by atoms with E-state index < -0.39 is 0 Å². The Morgan fingerprint density at radius 2 is 2.17 bits per heavy atom. The van der Waals surface area contributed by atoms with Gasteiger partial charge in [-0.2, -0.15) is 0 Å². The van der Waals surface area contributed by atoms with E-state index in [1.54, 1.807) is 0 Å². The van der Waals surface area contributed by atoms with Gasteiger partial charge in [-0.3, -0.25) is 0 Å². The maximum atomic E-state index is 9.99. The van der Waals surface area contributed by atoms with E-state index in [0.717, 1.165) is 13.0 Å². The van der Waals surface area contributed by atoms with Crippen LogP contribution in [0.4, 0.5) is 5.69 Å². The molecule has 1 saturated heterocycles. The molecule has 0 saturated carbocycles. The van der Waals surface area contributed by atoms with E-state index in [0.29, 0.717) is 19.1 Å². The number of benzene rings is 1. The number of hydrogen-bond acceptors (Lipinski definition) is 3. The first-order chi connectivity index (χ1) is 8.63. The molecule has 2 atom stereocenters. The molecule has 100 valence electrons. The summed E-state index contributed by atoms with van der Waals surface area (Å²) in [6, 6.07) is 6.88. The highest BCUT2D eigenvalue weighted by atomic mass is 16.3. The second-order valence-corrected chi connectivity index (χ2v) is 5.25. The maximum absolute atomic E-state index is 9.99. The lowest BCUT2D eigenvalue weighted by atomic mass is 10.0. The summed E-state index contributed by atoms with van der Waals surface area (Å²) in [7, 11) is 0. The van der Waals surface area contributed by atoms with E-state index in [4.69, 9.17) is 0 Å². The van der Waals surface area contributed by atoms with Crippen molar-refractivity contribution in [2.24, 2.45) is 0 Å². The lowest BCUT2D eigenvalue weighted by Gasteiger charge is -2.33. The van der Waals surface area contributed by atoms with Crippen LogP contribution in [0.15, 0.2) is 18.2 Å². The van der Waals surface area contributed by atoms with Crippen LogP contribution in [0.2, 0.25) is 0 Å². The highest BCUT2D eigenvalue weighted by molar-refractivity contribution is 5.60. The Hall–Kier alpha value is -1.06. The average molecular weight is 248 g/mol. The van der Waals surface area contributed by atoms with Crippen molar-refractivity contribution in [1.29, 1.82) is 0 Å². The van der Waals surface area contributed by atoms with Gasteiger partial charge in [-0.05, 0) is 31.4 Å². The monoisotopic (exact) mass is 248 g/mol. The molecule has 1 aromatic carbocycles. The average Bonchev–Trinajstić information content (AvgIpc) is 2.51. The van der Waals surface area contributed by atoms with Gasteiger partial charge in [0.2, 0.25) is 0 Å². The molecule has 0 aromatic heterocycles. The molecule has 2 unspecified atom stereocenters. The van der Waals surface area contributed by atoms with Crippen molar-refractivity contribution in [3.63, 3.8) is 0 Å². The maximum Gasteiger partial charge on any atom is 0.0839 e. The first-order valence-electron chi connectivity index (χ1n) is 6.87. The minimum absolute atomic E-state index is 0.292. The minimum Gasteiger partial charge on any atom is -0.390 e. The van der Waals surface area contributed by atoms with Crippen molar-refractivity contribution in [3.05, 3.63) is 29.3 Å². The van der Waals surface area contributed by atoms with E-state index in [1.165, 1.54) is 16.8 Å². The first kappa shape index (κ1) is 13.4. The van der Waals surface area contributed by atoms with E-state index in [-0.39, 0.29) is 6.10 Å². The zero-order chi connectivity index (χ0) is 13.1. The number of nitrogens with one attached hydrogen (secondary N) is 1. The van der Waals surface area contributed by atoms with Crippen LogP contribution in [0, 0.1) is 6.92 Å². The van der Waals surface area contributed by atoms with Crippen molar-refractivity contribution in [1.82, 2.24) is 5.32 Å². The van der Waals surface area contributed by atoms with Gasteiger partial charge in [-0.15, -0.1) is 0 Å². The summed E-state index contributed by atoms with van der Waals surface area (Å²) in [6.07, 6.45) is 0.739. The fourth-order valence-electron chi connectivity index (χ4n) is 2.77. The number of aliphatic hydroxyl groups excluding tert-OH is 1. The fraction of sp³-hybridized carbons (Fsp3) is 0.600. The van der Waals surface area contributed by atoms with Crippen LogP contribution in [-0.4, -0.2) is 36.9 Å². The quantitative estimate of drug-likeness (QED) is 0.836. The van der Waals surface area contributed by atoms with Crippen LogP contribution in [0.25, 0.3) is 0 Å². The summed E-state index contributed by atoms with van der Waals surface area (Å²) < 4.78 is 0. The van der Waals surface area contributed by atoms with Gasteiger partial charge in [-0.25, -0.2) is 0 Å². The fourth-order valence-corrected chi connectivity index (χ4v) is 2.77. The Morgan fingerprint density at radius 3 is 2.89 bits per heavy atom. The van der Waals surface area contributed by atoms with Crippen LogP contribution < -0.4 is 10.2 Å². The van der Waals surface area contributed by atoms with Crippen molar-refractivity contribution >= 4 is 5.69 Å². The third kappa shape index (κ3) is 2.68. The van der Waals surface area contributed by atoms with Crippen LogP contribution >= 0.6 is 0 Å². The number of β-amino-alcohol motifs (C(OH)–C–C–N with tert-alkyl or cyclic N) is 1. The summed E-state index contributed by atoms with van der Waals surface area (Å²) in [6.45, 7) is 8.90. The van der Waals surface area contributed by atoms with Gasteiger partial charge in [0.25, 0.3) is 0 Å². The molecular weight excluding hydrogens is 224 g/mol. The van der Waals surface area contributed by atoms with Gasteiger partial charge >= 0.3 is 0 Å². The predicted octanol–water partition coefficient (Wildman–Crippen LogP) is 1.72. The molecule has 3 heteroatoms. The lowest BCUT2D eigenvalue weighted by molar-refractivity contribution is 0.184. The largest absolute Gasteiger partial charge is 0.390 e. The van der Waals surface area contributed by atoms with Crippen molar-refractivity contribution in [2.75, 3.05) is 24.5 Å².